The van der Waals surface area contributed by atoms with Crippen molar-refractivity contribution in [3.8, 4) is 11.1 Å². The van der Waals surface area contributed by atoms with Gasteiger partial charge in [-0.2, -0.15) is 0 Å². The minimum absolute atomic E-state index is 0.897. The zero-order valence-corrected chi connectivity index (χ0v) is 29.7. The molecular weight excluding hydrogens is 653 g/mol. The van der Waals surface area contributed by atoms with E-state index in [1.54, 1.807) is 0 Å². The molecular formula is C53H32O. The van der Waals surface area contributed by atoms with Gasteiger partial charge in [-0.3, -0.25) is 0 Å². The average molecular weight is 685 g/mol. The molecule has 0 amide bonds. The third-order valence-corrected chi connectivity index (χ3v) is 11.9. The molecule has 12 rings (SSSR count). The van der Waals surface area contributed by atoms with Crippen molar-refractivity contribution >= 4 is 108 Å². The Morgan fingerprint density at radius 2 is 0.852 bits per heavy atom. The first-order chi connectivity index (χ1) is 26.7. The van der Waals surface area contributed by atoms with E-state index < -0.39 is 0 Å². The summed E-state index contributed by atoms with van der Waals surface area (Å²) in [4.78, 5) is 0. The molecule has 0 saturated carbocycles. The summed E-state index contributed by atoms with van der Waals surface area (Å²) >= 11 is 0. The summed E-state index contributed by atoms with van der Waals surface area (Å²) in [6, 6.07) is 65.2. The van der Waals surface area contributed by atoms with Crippen LogP contribution in [0.25, 0.3) is 119 Å². The predicted octanol–water partition coefficient (Wildman–Crippen LogP) is 15.3. The fourth-order valence-electron chi connectivity index (χ4n) is 9.69. The molecule has 1 nitrogen and oxygen atoms in total. The molecule has 0 aliphatic rings. The van der Waals surface area contributed by atoms with Gasteiger partial charge < -0.3 is 4.42 Å². The van der Waals surface area contributed by atoms with Gasteiger partial charge in [0.15, 0.2) is 0 Å². The Kier molecular flexibility index (Phi) is 6.04. The lowest BCUT2D eigenvalue weighted by atomic mass is 9.87. The molecule has 250 valence electrons. The van der Waals surface area contributed by atoms with Crippen LogP contribution in [-0.4, -0.2) is 0 Å². The van der Waals surface area contributed by atoms with Gasteiger partial charge in [0.25, 0.3) is 0 Å². The third-order valence-electron chi connectivity index (χ3n) is 11.9. The van der Waals surface area contributed by atoms with Crippen LogP contribution in [0.3, 0.4) is 0 Å². The number of furan rings is 1. The lowest BCUT2D eigenvalue weighted by Gasteiger charge is -2.16. The van der Waals surface area contributed by atoms with Crippen molar-refractivity contribution in [1.29, 1.82) is 0 Å². The van der Waals surface area contributed by atoms with Gasteiger partial charge in [0.1, 0.15) is 11.2 Å². The Labute approximate surface area is 310 Å². The van der Waals surface area contributed by atoms with Crippen LogP contribution < -0.4 is 0 Å². The van der Waals surface area contributed by atoms with E-state index in [0.29, 0.717) is 0 Å². The molecule has 11 aromatic carbocycles. The van der Waals surface area contributed by atoms with Crippen molar-refractivity contribution in [3.05, 3.63) is 181 Å². The van der Waals surface area contributed by atoms with Crippen LogP contribution in [0.1, 0.15) is 5.56 Å². The van der Waals surface area contributed by atoms with Crippen molar-refractivity contribution in [2.24, 2.45) is 0 Å². The first kappa shape index (κ1) is 29.6. The fraction of sp³-hybridized carbons (Fsp3) is 0.0189. The standard InChI is InChI=1S/C53H32O/c1-31-13-11-22-35-33-25-27-42-44(29-33)50(37-17-6-5-16-36(37)49(42)32-14-3-2-4-15-32)34-26-28-46-45(30-34)52-43(23-12-24-47(52)54-46)51-38-18-7-9-20-40(38)53(48(31)35)41-21-10-8-19-39(41)51/h2-30H,1H3. The van der Waals surface area contributed by atoms with Crippen molar-refractivity contribution in [2.45, 2.75) is 6.92 Å². The Balaban J connectivity index is 1.49. The Morgan fingerprint density at radius 3 is 1.59 bits per heavy atom. The second kappa shape index (κ2) is 11.0. The Morgan fingerprint density at radius 1 is 0.296 bits per heavy atom. The number of rotatable bonds is 1. The van der Waals surface area contributed by atoms with Crippen LogP contribution >= 0.6 is 0 Å². The molecule has 0 saturated heterocycles. The lowest BCUT2D eigenvalue weighted by molar-refractivity contribution is 0.669. The van der Waals surface area contributed by atoms with Crippen LogP contribution in [0.5, 0.6) is 0 Å². The number of hydrogen-bond donors (Lipinski definition) is 0. The van der Waals surface area contributed by atoms with E-state index in [-0.39, 0.29) is 0 Å². The highest BCUT2D eigenvalue weighted by Crippen LogP contribution is 2.46. The number of hydrogen-bond acceptors (Lipinski definition) is 1. The fourth-order valence-corrected chi connectivity index (χ4v) is 9.69. The average Bonchev–Trinajstić information content (AvgIpc) is 3.60. The number of fused-ring (bicyclic) bond motifs is 12. The Bertz CT molecular complexity index is 3550. The molecule has 0 unspecified atom stereocenters. The highest BCUT2D eigenvalue weighted by molar-refractivity contribution is 6.38. The van der Waals surface area contributed by atoms with Gasteiger partial charge in [0, 0.05) is 10.8 Å². The van der Waals surface area contributed by atoms with Gasteiger partial charge in [0.2, 0.25) is 0 Å². The third kappa shape index (κ3) is 3.99. The molecule has 1 heterocycles. The van der Waals surface area contributed by atoms with Gasteiger partial charge in [-0.1, -0.05) is 152 Å². The van der Waals surface area contributed by atoms with Crippen LogP contribution in [0.4, 0.5) is 0 Å². The van der Waals surface area contributed by atoms with E-state index in [2.05, 4.69) is 183 Å². The van der Waals surface area contributed by atoms with Crippen LogP contribution in [0.2, 0.25) is 0 Å². The van der Waals surface area contributed by atoms with Gasteiger partial charge in [-0.25, -0.2) is 0 Å². The summed E-state index contributed by atoms with van der Waals surface area (Å²) in [5.74, 6) is 0. The zero-order valence-electron chi connectivity index (χ0n) is 29.7. The topological polar surface area (TPSA) is 13.1 Å². The van der Waals surface area contributed by atoms with Gasteiger partial charge >= 0.3 is 0 Å². The predicted molar refractivity (Wildman–Crippen MR) is 233 cm³/mol. The van der Waals surface area contributed by atoms with E-state index in [9.17, 15) is 0 Å². The molecule has 0 radical (unpaired) electrons. The molecule has 6 bridgehead atoms. The summed E-state index contributed by atoms with van der Waals surface area (Å²) in [5.41, 5.74) is 5.55. The number of benzene rings is 10. The first-order valence-corrected chi connectivity index (χ1v) is 18.8. The van der Waals surface area contributed by atoms with Crippen molar-refractivity contribution in [2.75, 3.05) is 0 Å². The second-order valence-electron chi connectivity index (χ2n) is 14.8. The smallest absolute Gasteiger partial charge is 0.136 e. The molecule has 0 atom stereocenters. The maximum absolute atomic E-state index is 6.70. The SMILES string of the molecule is Cc1cccc2c3ccc4c(-c5ccccc5)c5ccccc5c(c5ccc6oc7cccc(c7c6c5)c5c6ccccc6c(c6ccccc65)c12)c4c3. The van der Waals surface area contributed by atoms with Crippen molar-refractivity contribution in [3.63, 3.8) is 0 Å². The van der Waals surface area contributed by atoms with E-state index >= 15 is 0 Å². The van der Waals surface area contributed by atoms with Crippen LogP contribution in [0, 0.1) is 6.92 Å². The van der Waals surface area contributed by atoms with Gasteiger partial charge in [-0.15, -0.1) is 0 Å². The largest absolute Gasteiger partial charge is 0.456 e. The maximum Gasteiger partial charge on any atom is 0.136 e. The highest BCUT2D eigenvalue weighted by atomic mass is 16.3. The summed E-state index contributed by atoms with van der Waals surface area (Å²) < 4.78 is 6.70. The quantitative estimate of drug-likeness (QED) is 0.157. The first-order valence-electron chi connectivity index (χ1n) is 18.8. The monoisotopic (exact) mass is 684 g/mol. The van der Waals surface area contributed by atoms with Crippen molar-refractivity contribution < 1.29 is 4.42 Å². The van der Waals surface area contributed by atoms with E-state index in [1.807, 2.05) is 0 Å². The highest BCUT2D eigenvalue weighted by Gasteiger charge is 2.19. The molecule has 0 fully saturated rings. The lowest BCUT2D eigenvalue weighted by Crippen LogP contribution is -1.88. The van der Waals surface area contributed by atoms with E-state index in [4.69, 9.17) is 4.42 Å². The molecule has 12 aromatic rings. The normalized spacial score (nSPS) is 12.2. The molecule has 0 aliphatic heterocycles. The van der Waals surface area contributed by atoms with E-state index in [1.165, 1.54) is 103 Å². The summed E-state index contributed by atoms with van der Waals surface area (Å²) in [7, 11) is 0. The summed E-state index contributed by atoms with van der Waals surface area (Å²) in [6.45, 7) is 2.27. The van der Waals surface area contributed by atoms with Crippen LogP contribution in [-0.2, 0) is 0 Å². The summed E-state index contributed by atoms with van der Waals surface area (Å²) in [6.07, 6.45) is 0. The molecule has 1 heteroatoms. The van der Waals surface area contributed by atoms with E-state index in [0.717, 1.165) is 21.9 Å². The maximum atomic E-state index is 6.70. The number of aryl methyl sites for hydroxylation is 1. The summed E-state index contributed by atoms with van der Waals surface area (Å²) in [5, 5.41) is 22.1. The second-order valence-corrected chi connectivity index (χ2v) is 14.8. The van der Waals surface area contributed by atoms with Crippen molar-refractivity contribution in [1.82, 2.24) is 0 Å². The molecule has 0 spiro atoms. The van der Waals surface area contributed by atoms with Gasteiger partial charge in [0.05, 0.1) is 0 Å². The van der Waals surface area contributed by atoms with Gasteiger partial charge in [-0.05, 0) is 134 Å². The molecule has 1 aromatic heterocycles. The zero-order chi connectivity index (χ0) is 35.5. The van der Waals surface area contributed by atoms with Crippen LogP contribution in [0.15, 0.2) is 180 Å². The Hall–Kier alpha value is -6.96. The minimum Gasteiger partial charge on any atom is -0.456 e. The molecule has 0 aliphatic carbocycles. The molecule has 54 heavy (non-hydrogen) atoms. The minimum atomic E-state index is 0.897. The molecule has 0 N–H and O–H groups in total.